The summed E-state index contributed by atoms with van der Waals surface area (Å²) < 4.78 is 21.8. The molecule has 2 N–H and O–H groups in total. The molecule has 0 radical (unpaired) electrons. The van der Waals surface area contributed by atoms with Gasteiger partial charge >= 0.3 is 0 Å². The molecular formula is C22H26O6. The van der Waals surface area contributed by atoms with Gasteiger partial charge in [0.2, 0.25) is 11.5 Å². The number of fused-ring (bicyclic) bond motifs is 1. The number of benzene rings is 2. The molecule has 1 aliphatic carbocycles. The first-order valence-corrected chi connectivity index (χ1v) is 9.09. The summed E-state index contributed by atoms with van der Waals surface area (Å²) in [5, 5.41) is 20.6. The van der Waals surface area contributed by atoms with Crippen molar-refractivity contribution in [2.45, 2.75) is 19.8 Å². The highest BCUT2D eigenvalue weighted by Crippen LogP contribution is 2.48. The maximum absolute atomic E-state index is 10.3. The highest BCUT2D eigenvalue weighted by molar-refractivity contribution is 5.86. The summed E-state index contributed by atoms with van der Waals surface area (Å²) in [7, 11) is 6.18. The molecule has 0 heterocycles. The first-order chi connectivity index (χ1) is 13.4. The second-order valence-corrected chi connectivity index (χ2v) is 6.82. The number of allylic oxidation sites excluding steroid dienone is 1. The number of aromatic hydroxyl groups is 2. The molecule has 150 valence electrons. The Hall–Kier alpha value is -3.02. The van der Waals surface area contributed by atoms with E-state index in [-0.39, 0.29) is 23.2 Å². The van der Waals surface area contributed by atoms with Crippen molar-refractivity contribution in [1.82, 2.24) is 0 Å². The third-order valence-electron chi connectivity index (χ3n) is 5.09. The standard InChI is InChI=1S/C22H26O6/c1-12-6-7-14-16(11-19(25-2)22(28-5)20(14)26-3)15(8-12)13-9-17(23)21(27-4)18(24)10-13/h8-12,23-24H,6-7H2,1-5H3. The maximum Gasteiger partial charge on any atom is 0.203 e. The average molecular weight is 386 g/mol. The normalized spacial score (nSPS) is 15.9. The summed E-state index contributed by atoms with van der Waals surface area (Å²) in [6.45, 7) is 2.13. The van der Waals surface area contributed by atoms with Gasteiger partial charge in [0.1, 0.15) is 0 Å². The lowest BCUT2D eigenvalue weighted by Gasteiger charge is -2.20. The van der Waals surface area contributed by atoms with Gasteiger partial charge in [0.15, 0.2) is 23.0 Å². The molecule has 0 saturated carbocycles. The number of hydrogen-bond acceptors (Lipinski definition) is 6. The van der Waals surface area contributed by atoms with Gasteiger partial charge < -0.3 is 29.2 Å². The van der Waals surface area contributed by atoms with Crippen molar-refractivity contribution < 1.29 is 29.2 Å². The third kappa shape index (κ3) is 3.30. The SMILES string of the molecule is COc1cc2c(c(OC)c1OC)CCC(C)C=C2c1cc(O)c(OC)c(O)c1. The molecule has 28 heavy (non-hydrogen) atoms. The Balaban J connectivity index is 2.30. The average Bonchev–Trinajstić information content (AvgIpc) is 2.85. The van der Waals surface area contributed by atoms with E-state index in [4.69, 9.17) is 18.9 Å². The Morgan fingerprint density at radius 3 is 1.96 bits per heavy atom. The van der Waals surface area contributed by atoms with Gasteiger partial charge in [-0.3, -0.25) is 0 Å². The topological polar surface area (TPSA) is 77.4 Å². The van der Waals surface area contributed by atoms with Crippen molar-refractivity contribution >= 4 is 5.57 Å². The zero-order valence-electron chi connectivity index (χ0n) is 16.8. The summed E-state index contributed by atoms with van der Waals surface area (Å²) >= 11 is 0. The number of ether oxygens (including phenoxy) is 4. The Morgan fingerprint density at radius 2 is 1.43 bits per heavy atom. The quantitative estimate of drug-likeness (QED) is 0.804. The fraction of sp³-hybridized carbons (Fsp3) is 0.364. The number of hydrogen-bond donors (Lipinski definition) is 2. The second-order valence-electron chi connectivity index (χ2n) is 6.82. The molecule has 6 heteroatoms. The van der Waals surface area contributed by atoms with E-state index in [1.807, 2.05) is 6.07 Å². The van der Waals surface area contributed by atoms with E-state index in [0.717, 1.165) is 29.5 Å². The van der Waals surface area contributed by atoms with Crippen molar-refractivity contribution in [3.05, 3.63) is 41.0 Å². The summed E-state index contributed by atoms with van der Waals surface area (Å²) in [4.78, 5) is 0. The highest BCUT2D eigenvalue weighted by atomic mass is 16.5. The fourth-order valence-corrected chi connectivity index (χ4v) is 3.75. The minimum absolute atomic E-state index is 0.0520. The summed E-state index contributed by atoms with van der Waals surface area (Å²) in [5.41, 5.74) is 3.49. The lowest BCUT2D eigenvalue weighted by Crippen LogP contribution is -2.03. The molecule has 0 saturated heterocycles. The third-order valence-corrected chi connectivity index (χ3v) is 5.09. The molecular weight excluding hydrogens is 360 g/mol. The summed E-state index contributed by atoms with van der Waals surface area (Å²) in [6, 6.07) is 5.10. The van der Waals surface area contributed by atoms with Crippen LogP contribution in [0.1, 0.15) is 30.0 Å². The van der Waals surface area contributed by atoms with E-state index >= 15 is 0 Å². The van der Waals surface area contributed by atoms with Crippen molar-refractivity contribution in [2.24, 2.45) is 5.92 Å². The van der Waals surface area contributed by atoms with Crippen molar-refractivity contribution in [2.75, 3.05) is 28.4 Å². The molecule has 2 aromatic rings. The van der Waals surface area contributed by atoms with Gasteiger partial charge in [0, 0.05) is 5.56 Å². The largest absolute Gasteiger partial charge is 0.504 e. The summed E-state index contributed by atoms with van der Waals surface area (Å²) in [5.74, 6) is 1.84. The molecule has 0 aromatic heterocycles. The smallest absolute Gasteiger partial charge is 0.203 e. The Bertz CT molecular complexity index is 893. The van der Waals surface area contributed by atoms with Crippen LogP contribution < -0.4 is 18.9 Å². The van der Waals surface area contributed by atoms with Crippen LogP contribution in [-0.4, -0.2) is 38.7 Å². The molecule has 1 atom stereocenters. The van der Waals surface area contributed by atoms with E-state index in [0.29, 0.717) is 22.8 Å². The van der Waals surface area contributed by atoms with Gasteiger partial charge in [-0.15, -0.1) is 0 Å². The molecule has 0 fully saturated rings. The minimum atomic E-state index is -0.121. The van der Waals surface area contributed by atoms with E-state index in [9.17, 15) is 10.2 Å². The van der Waals surface area contributed by atoms with Crippen LogP contribution in [0.4, 0.5) is 0 Å². The van der Waals surface area contributed by atoms with Crippen molar-refractivity contribution in [3.63, 3.8) is 0 Å². The van der Waals surface area contributed by atoms with Crippen LogP contribution in [-0.2, 0) is 6.42 Å². The van der Waals surface area contributed by atoms with Crippen LogP contribution >= 0.6 is 0 Å². The lowest BCUT2D eigenvalue weighted by atomic mass is 9.92. The van der Waals surface area contributed by atoms with Gasteiger partial charge in [0.25, 0.3) is 0 Å². The number of phenolic OH excluding ortho intramolecular Hbond substituents is 2. The monoisotopic (exact) mass is 386 g/mol. The van der Waals surface area contributed by atoms with Gasteiger partial charge in [-0.2, -0.15) is 0 Å². The Kier molecular flexibility index (Phi) is 5.58. The predicted molar refractivity (Wildman–Crippen MR) is 107 cm³/mol. The second kappa shape index (κ2) is 7.92. The first kappa shape index (κ1) is 19.7. The van der Waals surface area contributed by atoms with Crippen LogP contribution in [0.2, 0.25) is 0 Å². The number of methoxy groups -OCH3 is 4. The zero-order chi connectivity index (χ0) is 20.4. The maximum atomic E-state index is 10.3. The van der Waals surface area contributed by atoms with Crippen LogP contribution in [0.15, 0.2) is 24.3 Å². The molecule has 0 spiro atoms. The zero-order valence-corrected chi connectivity index (χ0v) is 16.8. The summed E-state index contributed by atoms with van der Waals surface area (Å²) in [6.07, 6.45) is 3.86. The van der Waals surface area contributed by atoms with Gasteiger partial charge in [-0.1, -0.05) is 13.0 Å². The van der Waals surface area contributed by atoms with Crippen LogP contribution in [0.5, 0.6) is 34.5 Å². The molecule has 3 rings (SSSR count). The van der Waals surface area contributed by atoms with Crippen molar-refractivity contribution in [1.29, 1.82) is 0 Å². The van der Waals surface area contributed by atoms with Gasteiger partial charge in [-0.05, 0) is 53.7 Å². The predicted octanol–water partition coefficient (Wildman–Crippen LogP) is 4.15. The van der Waals surface area contributed by atoms with Gasteiger partial charge in [-0.25, -0.2) is 0 Å². The molecule has 0 aliphatic heterocycles. The Morgan fingerprint density at radius 1 is 0.821 bits per heavy atom. The molecule has 0 amide bonds. The molecule has 1 unspecified atom stereocenters. The molecule has 0 bridgehead atoms. The van der Waals surface area contributed by atoms with Gasteiger partial charge in [0.05, 0.1) is 28.4 Å². The van der Waals surface area contributed by atoms with E-state index in [2.05, 4.69) is 13.0 Å². The first-order valence-electron chi connectivity index (χ1n) is 9.09. The van der Waals surface area contributed by atoms with E-state index in [1.165, 1.54) is 7.11 Å². The molecule has 1 aliphatic rings. The minimum Gasteiger partial charge on any atom is -0.504 e. The van der Waals surface area contributed by atoms with E-state index < -0.39 is 0 Å². The van der Waals surface area contributed by atoms with Crippen LogP contribution in [0.25, 0.3) is 5.57 Å². The van der Waals surface area contributed by atoms with E-state index in [1.54, 1.807) is 33.5 Å². The van der Waals surface area contributed by atoms with Crippen LogP contribution in [0.3, 0.4) is 0 Å². The van der Waals surface area contributed by atoms with Crippen molar-refractivity contribution in [3.8, 4) is 34.5 Å². The number of rotatable bonds is 5. The lowest BCUT2D eigenvalue weighted by molar-refractivity contribution is 0.321. The molecule has 2 aromatic carbocycles. The fourth-order valence-electron chi connectivity index (χ4n) is 3.75. The Labute approximate surface area is 164 Å². The number of phenols is 2. The van der Waals surface area contributed by atoms with Crippen LogP contribution in [0, 0.1) is 5.92 Å². The molecule has 6 nitrogen and oxygen atoms in total. The highest BCUT2D eigenvalue weighted by Gasteiger charge is 2.26.